The van der Waals surface area contributed by atoms with Gasteiger partial charge in [-0.3, -0.25) is 0 Å². The van der Waals surface area contributed by atoms with Crippen molar-refractivity contribution in [2.75, 3.05) is 0 Å². The van der Waals surface area contributed by atoms with Gasteiger partial charge < -0.3 is 5.73 Å². The second-order valence-corrected chi connectivity index (χ2v) is 3.39. The fourth-order valence-corrected chi connectivity index (χ4v) is 1.05. The maximum Gasteiger partial charge on any atom is 0.410 e. The average molecular weight is 251 g/mol. The number of nitrogens with two attached hydrogens (primary N) is 1. The van der Waals surface area contributed by atoms with Crippen molar-refractivity contribution < 1.29 is 13.2 Å². The molecule has 0 bridgehead atoms. The van der Waals surface area contributed by atoms with Crippen molar-refractivity contribution in [1.29, 1.82) is 5.26 Å². The van der Waals surface area contributed by atoms with Crippen LogP contribution >= 0.6 is 12.4 Å². The van der Waals surface area contributed by atoms with Gasteiger partial charge in [0.05, 0.1) is 11.6 Å². The molecular weight excluding hydrogens is 241 g/mol. The minimum Gasteiger partial charge on any atom is -0.314 e. The summed E-state index contributed by atoms with van der Waals surface area (Å²) >= 11 is 0. The number of hydrogen-bond acceptors (Lipinski definition) is 2. The van der Waals surface area contributed by atoms with Crippen LogP contribution in [0.5, 0.6) is 0 Å². The molecule has 0 heterocycles. The van der Waals surface area contributed by atoms with Crippen LogP contribution in [-0.4, -0.2) is 6.18 Å². The van der Waals surface area contributed by atoms with Crippen LogP contribution < -0.4 is 5.73 Å². The highest BCUT2D eigenvalue weighted by Crippen LogP contribution is 2.36. The van der Waals surface area contributed by atoms with Gasteiger partial charge in [0, 0.05) is 0 Å². The molecule has 0 aliphatic rings. The molecule has 0 radical (unpaired) electrons. The molecule has 0 spiro atoms. The summed E-state index contributed by atoms with van der Waals surface area (Å²) in [6.07, 6.45) is -4.51. The second kappa shape index (κ2) is 4.73. The van der Waals surface area contributed by atoms with E-state index in [1.54, 1.807) is 0 Å². The van der Waals surface area contributed by atoms with Gasteiger partial charge in [-0.15, -0.1) is 12.4 Å². The number of halogens is 4. The van der Waals surface area contributed by atoms with E-state index in [1.165, 1.54) is 24.3 Å². The molecule has 0 aliphatic carbocycles. The Balaban J connectivity index is 0.00000225. The first-order valence-corrected chi connectivity index (χ1v) is 4.15. The number of nitriles is 1. The minimum atomic E-state index is -4.51. The number of rotatable bonds is 1. The van der Waals surface area contributed by atoms with E-state index in [0.29, 0.717) is 5.56 Å². The van der Waals surface area contributed by atoms with Crippen LogP contribution in [0.1, 0.15) is 18.1 Å². The summed E-state index contributed by atoms with van der Waals surface area (Å²) in [5, 5.41) is 8.49. The molecule has 1 aromatic rings. The highest BCUT2D eigenvalue weighted by molar-refractivity contribution is 5.85. The van der Waals surface area contributed by atoms with Crippen LogP contribution in [0.4, 0.5) is 13.2 Å². The Morgan fingerprint density at radius 3 is 1.94 bits per heavy atom. The number of benzene rings is 1. The van der Waals surface area contributed by atoms with Crippen LogP contribution in [0.3, 0.4) is 0 Å². The maximum absolute atomic E-state index is 12.5. The van der Waals surface area contributed by atoms with Gasteiger partial charge in [-0.25, -0.2) is 0 Å². The van der Waals surface area contributed by atoms with Gasteiger partial charge in [-0.05, 0) is 24.6 Å². The van der Waals surface area contributed by atoms with Crippen LogP contribution in [0.15, 0.2) is 24.3 Å². The zero-order valence-corrected chi connectivity index (χ0v) is 9.19. The molecule has 0 saturated carbocycles. The van der Waals surface area contributed by atoms with Gasteiger partial charge in [-0.2, -0.15) is 18.4 Å². The lowest BCUT2D eigenvalue weighted by molar-refractivity contribution is -0.184. The predicted octanol–water partition coefficient (Wildman–Crippen LogP) is 2.72. The van der Waals surface area contributed by atoms with Crippen molar-refractivity contribution in [1.82, 2.24) is 0 Å². The van der Waals surface area contributed by atoms with Crippen molar-refractivity contribution in [2.24, 2.45) is 5.73 Å². The van der Waals surface area contributed by atoms with Crippen molar-refractivity contribution in [3.63, 3.8) is 0 Å². The normalized spacial score (nSPS) is 14.5. The number of alkyl halides is 3. The first-order valence-electron chi connectivity index (χ1n) is 4.15. The topological polar surface area (TPSA) is 49.8 Å². The Labute approximate surface area is 97.3 Å². The fraction of sp³-hybridized carbons (Fsp3) is 0.300. The van der Waals surface area contributed by atoms with Gasteiger partial charge in [0.1, 0.15) is 5.54 Å². The summed E-state index contributed by atoms with van der Waals surface area (Å²) in [5.41, 5.74) is 3.05. The third-order valence-electron chi connectivity index (χ3n) is 2.20. The van der Waals surface area contributed by atoms with E-state index in [1.807, 2.05) is 6.07 Å². The van der Waals surface area contributed by atoms with Gasteiger partial charge >= 0.3 is 6.18 Å². The van der Waals surface area contributed by atoms with Crippen LogP contribution in [0.2, 0.25) is 0 Å². The van der Waals surface area contributed by atoms with E-state index in [9.17, 15) is 13.2 Å². The Bertz CT molecular complexity index is 390. The molecule has 1 rings (SSSR count). The van der Waals surface area contributed by atoms with Gasteiger partial charge in [0.2, 0.25) is 0 Å². The molecule has 1 aromatic carbocycles. The lowest BCUT2D eigenvalue weighted by Crippen LogP contribution is -2.47. The average Bonchev–Trinajstić information content (AvgIpc) is 2.16. The van der Waals surface area contributed by atoms with Crippen LogP contribution in [0, 0.1) is 11.3 Å². The molecule has 16 heavy (non-hydrogen) atoms. The Hall–Kier alpha value is -1.25. The van der Waals surface area contributed by atoms with Gasteiger partial charge in [-0.1, -0.05) is 12.1 Å². The predicted molar refractivity (Wildman–Crippen MR) is 56.0 cm³/mol. The van der Waals surface area contributed by atoms with Crippen molar-refractivity contribution in [2.45, 2.75) is 18.6 Å². The molecule has 6 heteroatoms. The molecule has 0 aromatic heterocycles. The van der Waals surface area contributed by atoms with E-state index in [2.05, 4.69) is 0 Å². The molecule has 0 fully saturated rings. The molecule has 0 amide bonds. The summed E-state index contributed by atoms with van der Waals surface area (Å²) < 4.78 is 37.5. The van der Waals surface area contributed by atoms with Crippen molar-refractivity contribution in [3.8, 4) is 6.07 Å². The lowest BCUT2D eigenvalue weighted by atomic mass is 9.92. The van der Waals surface area contributed by atoms with Crippen molar-refractivity contribution >= 4 is 12.4 Å². The fourth-order valence-electron chi connectivity index (χ4n) is 1.05. The maximum atomic E-state index is 12.5. The molecule has 88 valence electrons. The molecule has 2 nitrogen and oxygen atoms in total. The summed E-state index contributed by atoms with van der Waals surface area (Å²) in [4.78, 5) is 0. The Morgan fingerprint density at radius 2 is 1.62 bits per heavy atom. The monoisotopic (exact) mass is 250 g/mol. The lowest BCUT2D eigenvalue weighted by Gasteiger charge is -2.27. The summed E-state index contributed by atoms with van der Waals surface area (Å²) in [6.45, 7) is 0.897. The smallest absolute Gasteiger partial charge is 0.314 e. The van der Waals surface area contributed by atoms with Crippen LogP contribution in [-0.2, 0) is 5.54 Å². The molecule has 1 atom stereocenters. The SMILES string of the molecule is CC(N)(c1ccc(C#N)cc1)C(F)(F)F.Cl. The molecule has 2 N–H and O–H groups in total. The highest BCUT2D eigenvalue weighted by atomic mass is 35.5. The van der Waals surface area contributed by atoms with Gasteiger partial charge in [0.25, 0.3) is 0 Å². The van der Waals surface area contributed by atoms with E-state index in [0.717, 1.165) is 6.92 Å². The summed E-state index contributed by atoms with van der Waals surface area (Å²) in [5.74, 6) is 0. The molecular formula is C10H10ClF3N2. The summed E-state index contributed by atoms with van der Waals surface area (Å²) in [7, 11) is 0. The first kappa shape index (κ1) is 14.8. The van der Waals surface area contributed by atoms with Gasteiger partial charge in [0.15, 0.2) is 0 Å². The molecule has 0 saturated heterocycles. The zero-order chi connectivity index (χ0) is 11.7. The third kappa shape index (κ3) is 2.65. The number of hydrogen-bond donors (Lipinski definition) is 1. The molecule has 0 aliphatic heterocycles. The van der Waals surface area contributed by atoms with E-state index in [-0.39, 0.29) is 18.0 Å². The van der Waals surface area contributed by atoms with E-state index < -0.39 is 11.7 Å². The highest BCUT2D eigenvalue weighted by Gasteiger charge is 2.49. The quantitative estimate of drug-likeness (QED) is 0.833. The zero-order valence-electron chi connectivity index (χ0n) is 8.38. The standard InChI is InChI=1S/C10H9F3N2.ClH/c1-9(15,10(11,12)13)8-4-2-7(6-14)3-5-8;/h2-5H,15H2,1H3;1H. The first-order chi connectivity index (χ1) is 6.79. The summed E-state index contributed by atoms with van der Waals surface area (Å²) in [6, 6.07) is 6.87. The minimum absolute atomic E-state index is 0. The third-order valence-corrected chi connectivity index (χ3v) is 2.20. The Morgan fingerprint density at radius 1 is 1.19 bits per heavy atom. The second-order valence-electron chi connectivity index (χ2n) is 3.39. The number of nitrogens with zero attached hydrogens (tertiary/aromatic N) is 1. The van der Waals surface area contributed by atoms with E-state index >= 15 is 0 Å². The Kier molecular flexibility index (Phi) is 4.36. The van der Waals surface area contributed by atoms with Crippen LogP contribution in [0.25, 0.3) is 0 Å². The van der Waals surface area contributed by atoms with E-state index in [4.69, 9.17) is 11.0 Å². The largest absolute Gasteiger partial charge is 0.410 e. The molecule has 1 unspecified atom stereocenters. The van der Waals surface area contributed by atoms with Crippen molar-refractivity contribution in [3.05, 3.63) is 35.4 Å².